The second-order valence-electron chi connectivity index (χ2n) is 4.22. The molecule has 0 bridgehead atoms. The first-order valence-electron chi connectivity index (χ1n) is 6.92. The molecule has 0 atom stereocenters. The summed E-state index contributed by atoms with van der Waals surface area (Å²) in [4.78, 5) is 7.97. The second kappa shape index (κ2) is 9.49. The smallest absolute Gasteiger partial charge is 0.127 e. The van der Waals surface area contributed by atoms with E-state index in [1.54, 1.807) is 12.4 Å². The Balaban J connectivity index is 0.000000217. The van der Waals surface area contributed by atoms with E-state index in [9.17, 15) is 0 Å². The fourth-order valence-corrected chi connectivity index (χ4v) is 2.10. The zero-order chi connectivity index (χ0) is 14.8. The Morgan fingerprint density at radius 1 is 0.900 bits per heavy atom. The Kier molecular flexibility index (Phi) is 7.90. The van der Waals surface area contributed by atoms with Crippen LogP contribution in [0.1, 0.15) is 37.7 Å². The van der Waals surface area contributed by atoms with Gasteiger partial charge in [0.15, 0.2) is 0 Å². The van der Waals surface area contributed by atoms with E-state index in [2.05, 4.69) is 61.3 Å². The van der Waals surface area contributed by atoms with Crippen molar-refractivity contribution in [3.05, 3.63) is 53.6 Å². The summed E-state index contributed by atoms with van der Waals surface area (Å²) in [6.45, 7) is 6.29. The van der Waals surface area contributed by atoms with Crippen LogP contribution in [-0.2, 0) is 34.5 Å². The van der Waals surface area contributed by atoms with Gasteiger partial charge >= 0.3 is 81.0 Å². The maximum absolute atomic E-state index is 4.46. The van der Waals surface area contributed by atoms with Gasteiger partial charge in [-0.1, -0.05) is 6.92 Å². The fourth-order valence-electron chi connectivity index (χ4n) is 1.82. The van der Waals surface area contributed by atoms with Crippen molar-refractivity contribution in [3.8, 4) is 0 Å². The number of hydrogen-bond donors (Lipinski definition) is 0. The Labute approximate surface area is 129 Å². The normalized spacial score (nSPS) is 9.65. The number of rotatable bonds is 4. The average molecular weight is 314 g/mol. The molecule has 0 saturated heterocycles. The van der Waals surface area contributed by atoms with Crippen LogP contribution in [0.4, 0.5) is 5.69 Å². The molecule has 4 heteroatoms. The molecule has 0 saturated carbocycles. The van der Waals surface area contributed by atoms with E-state index in [1.807, 2.05) is 13.0 Å². The predicted molar refractivity (Wildman–Crippen MR) is 78.7 cm³/mol. The molecule has 2 aromatic rings. The third-order valence-electron chi connectivity index (χ3n) is 2.97. The minimum absolute atomic E-state index is 0.910. The Morgan fingerprint density at radius 2 is 1.45 bits per heavy atom. The van der Waals surface area contributed by atoms with E-state index in [1.165, 1.54) is 11.1 Å². The first-order valence-corrected chi connectivity index (χ1v) is 7.36. The summed E-state index contributed by atoms with van der Waals surface area (Å²) in [6.07, 6.45) is 6.45. The number of benzene rings is 1. The molecule has 0 aliphatic rings. The van der Waals surface area contributed by atoms with Crippen LogP contribution in [0.15, 0.2) is 40.7 Å². The van der Waals surface area contributed by atoms with Gasteiger partial charge in [0.2, 0.25) is 0 Å². The largest absolute Gasteiger partial charge is 0.241 e. The molecule has 1 aromatic carbocycles. The quantitative estimate of drug-likeness (QED) is 0.793. The molecule has 0 N–H and O–H groups in total. The van der Waals surface area contributed by atoms with Crippen molar-refractivity contribution in [1.82, 2.24) is 9.97 Å². The summed E-state index contributed by atoms with van der Waals surface area (Å²) < 4.78 is 3.94. The molecule has 0 aliphatic heterocycles. The molecule has 1 aromatic heterocycles. The molecule has 0 fully saturated rings. The minimum Gasteiger partial charge on any atom is -0.241 e. The number of nitrogens with zero attached hydrogens (tertiary/aromatic N) is 3. The van der Waals surface area contributed by atoms with Crippen molar-refractivity contribution in [2.45, 2.75) is 40.0 Å². The van der Waals surface area contributed by atoms with Gasteiger partial charge in [-0.05, 0) is 6.07 Å². The monoisotopic (exact) mass is 313 g/mol. The van der Waals surface area contributed by atoms with Gasteiger partial charge in [0, 0.05) is 18.8 Å². The third kappa shape index (κ3) is 4.94. The Hall–Kier alpha value is -1.41. The van der Waals surface area contributed by atoms with Crippen LogP contribution in [0.25, 0.3) is 0 Å². The first-order chi connectivity index (χ1) is 9.76. The summed E-state index contributed by atoms with van der Waals surface area (Å²) in [5.74, 6) is 0.910. The topological polar surface area (TPSA) is 38.1 Å². The van der Waals surface area contributed by atoms with Crippen LogP contribution in [0.3, 0.4) is 0 Å². The second-order valence-corrected chi connectivity index (χ2v) is 4.44. The van der Waals surface area contributed by atoms with Gasteiger partial charge in [-0.25, -0.2) is 9.97 Å². The van der Waals surface area contributed by atoms with Crippen LogP contribution in [0, 0.1) is 0 Å². The van der Waals surface area contributed by atoms with E-state index < -0.39 is 0 Å². The number of aryl methyl sites for hydroxylation is 3. The van der Waals surface area contributed by atoms with Crippen LogP contribution in [0.5, 0.6) is 0 Å². The van der Waals surface area contributed by atoms with E-state index in [0.29, 0.717) is 0 Å². The van der Waals surface area contributed by atoms with Crippen LogP contribution < -0.4 is 0 Å². The maximum Gasteiger partial charge on any atom is 0.127 e. The van der Waals surface area contributed by atoms with Crippen molar-refractivity contribution in [1.29, 1.82) is 0 Å². The van der Waals surface area contributed by atoms with Crippen LogP contribution in [0.2, 0.25) is 0 Å². The predicted octanol–water partition coefficient (Wildman–Crippen LogP) is 4.21. The minimum atomic E-state index is 0.910. The fraction of sp³-hybridized carbons (Fsp3) is 0.375. The van der Waals surface area contributed by atoms with E-state index in [0.717, 1.165) is 30.8 Å². The SMILES string of the molecule is CCc1cccc(CC)c1[N]=[Ni].CCc1ncccn1. The first kappa shape index (κ1) is 16.6. The number of hydrogen-bond acceptors (Lipinski definition) is 3. The molecule has 110 valence electrons. The zero-order valence-corrected chi connectivity index (χ0v) is 13.2. The molecular weight excluding hydrogens is 293 g/mol. The van der Waals surface area contributed by atoms with Gasteiger partial charge in [-0.3, -0.25) is 0 Å². The van der Waals surface area contributed by atoms with Crippen molar-refractivity contribution >= 4 is 5.69 Å². The van der Waals surface area contributed by atoms with Crippen molar-refractivity contribution < 1.29 is 15.3 Å². The summed E-state index contributed by atoms with van der Waals surface area (Å²) in [5, 5.41) is 0. The Morgan fingerprint density at radius 3 is 1.80 bits per heavy atom. The molecule has 0 spiro atoms. The van der Waals surface area contributed by atoms with Gasteiger partial charge in [-0.2, -0.15) is 0 Å². The molecule has 3 nitrogen and oxygen atoms in total. The van der Waals surface area contributed by atoms with Gasteiger partial charge in [-0.15, -0.1) is 0 Å². The summed E-state index contributed by atoms with van der Waals surface area (Å²) in [6, 6.07) is 8.08. The molecule has 0 amide bonds. The zero-order valence-electron chi connectivity index (χ0n) is 12.2. The van der Waals surface area contributed by atoms with E-state index in [-0.39, 0.29) is 0 Å². The average Bonchev–Trinajstić information content (AvgIpc) is 2.55. The summed E-state index contributed by atoms with van der Waals surface area (Å²) >= 11 is 4.46. The Bertz CT molecular complexity index is 504. The van der Waals surface area contributed by atoms with Gasteiger partial charge in [0.1, 0.15) is 5.82 Å². The number of aromatic nitrogens is 2. The van der Waals surface area contributed by atoms with Crippen molar-refractivity contribution in [2.75, 3.05) is 0 Å². The summed E-state index contributed by atoms with van der Waals surface area (Å²) in [7, 11) is 0. The van der Waals surface area contributed by atoms with E-state index in [4.69, 9.17) is 0 Å². The molecule has 2 rings (SSSR count). The molecular formula is C16H21N3Ni. The molecule has 1 heterocycles. The standard InChI is InChI=1S/C10H13N.C6H8N2.Ni/c1-3-8-6-5-7-9(4-2)10(8)11;1-2-6-7-4-3-5-8-6;/h5-7H,3-4H2,1-2H3;3-5H,2H2,1H3;. The van der Waals surface area contributed by atoms with Gasteiger partial charge < -0.3 is 0 Å². The van der Waals surface area contributed by atoms with E-state index >= 15 is 0 Å². The van der Waals surface area contributed by atoms with Crippen molar-refractivity contribution in [3.63, 3.8) is 0 Å². The summed E-state index contributed by atoms with van der Waals surface area (Å²) in [5.41, 5.74) is 3.56. The maximum atomic E-state index is 4.46. The van der Waals surface area contributed by atoms with Crippen molar-refractivity contribution in [2.24, 2.45) is 4.03 Å². The molecule has 20 heavy (non-hydrogen) atoms. The van der Waals surface area contributed by atoms with Crippen LogP contribution in [-0.4, -0.2) is 9.97 Å². The molecule has 0 aliphatic carbocycles. The third-order valence-corrected chi connectivity index (χ3v) is 3.19. The molecule has 0 radical (unpaired) electrons. The van der Waals surface area contributed by atoms with Crippen LogP contribution >= 0.6 is 0 Å². The molecule has 0 unspecified atom stereocenters. The van der Waals surface area contributed by atoms with Gasteiger partial charge in [0.25, 0.3) is 0 Å². The van der Waals surface area contributed by atoms with Gasteiger partial charge in [0.05, 0.1) is 0 Å².